The summed E-state index contributed by atoms with van der Waals surface area (Å²) >= 11 is 0. The van der Waals surface area contributed by atoms with E-state index in [1.807, 2.05) is 84.9 Å². The second-order valence-electron chi connectivity index (χ2n) is 11.7. The van der Waals surface area contributed by atoms with Gasteiger partial charge in [0.15, 0.2) is 17.5 Å². The minimum atomic E-state index is -0.616. The molecule has 0 N–H and O–H groups in total. The van der Waals surface area contributed by atoms with E-state index >= 15 is 0 Å². The molecule has 0 aliphatic carbocycles. The molecule has 50 heavy (non-hydrogen) atoms. The number of aromatic nitrogens is 4. The Balaban J connectivity index is 1.35. The molecule has 0 atom stereocenters. The van der Waals surface area contributed by atoms with Crippen molar-refractivity contribution in [2.24, 2.45) is 0 Å². The number of nitrogens with zero attached hydrogens (tertiary/aromatic N) is 4. The number of hydrogen-bond acceptors (Lipinski definition) is 4. The molecular formula is C45H28N4O. The molecule has 0 spiro atoms. The van der Waals surface area contributed by atoms with Gasteiger partial charge < -0.3 is 8.98 Å². The maximum absolute atomic E-state index is 8.82. The zero-order chi connectivity index (χ0) is 41.7. The molecule has 10 rings (SSSR count). The van der Waals surface area contributed by atoms with Crippen LogP contribution in [0.4, 0.5) is 0 Å². The largest absolute Gasteiger partial charge is 0.456 e. The van der Waals surface area contributed by atoms with Crippen LogP contribution < -0.4 is 0 Å². The molecule has 5 heteroatoms. The Morgan fingerprint density at radius 3 is 1.78 bits per heavy atom. The van der Waals surface area contributed by atoms with E-state index < -0.39 is 60.4 Å². The van der Waals surface area contributed by atoms with Crippen LogP contribution in [0.2, 0.25) is 0 Å². The first-order valence-electron chi connectivity index (χ1n) is 20.9. The number of fused-ring (bicyclic) bond motifs is 6. The van der Waals surface area contributed by atoms with Gasteiger partial charge in [0.25, 0.3) is 0 Å². The third kappa shape index (κ3) is 4.45. The second-order valence-corrected chi connectivity index (χ2v) is 11.7. The van der Waals surface area contributed by atoms with E-state index in [9.17, 15) is 0 Å². The van der Waals surface area contributed by atoms with Gasteiger partial charge in [0.05, 0.1) is 35.8 Å². The number of hydrogen-bond donors (Lipinski definition) is 0. The molecule has 0 fully saturated rings. The first-order valence-corrected chi connectivity index (χ1v) is 15.9. The van der Waals surface area contributed by atoms with Crippen molar-refractivity contribution in [3.8, 4) is 51.0 Å². The SMILES string of the molecule is [2H]c1c([2H])c([2H])c(-c2nc(-c3c([2H])c([2H])c([2H])c([2H])c3[2H])nc(-c3cccc4c5ccccc5n(-c5cccc6oc7cccc(-c8ccccc8)c7c56)c34)n2)c([2H])c1[2H]. The summed E-state index contributed by atoms with van der Waals surface area (Å²) in [7, 11) is 0. The molecular weight excluding hydrogens is 613 g/mol. The van der Waals surface area contributed by atoms with Gasteiger partial charge in [-0.25, -0.2) is 15.0 Å². The van der Waals surface area contributed by atoms with Gasteiger partial charge in [-0.2, -0.15) is 0 Å². The van der Waals surface area contributed by atoms with Crippen molar-refractivity contribution < 1.29 is 18.1 Å². The highest BCUT2D eigenvalue weighted by Gasteiger charge is 2.23. The van der Waals surface area contributed by atoms with Crippen molar-refractivity contribution in [3.63, 3.8) is 0 Å². The molecule has 0 unspecified atom stereocenters. The summed E-state index contributed by atoms with van der Waals surface area (Å²) in [6.07, 6.45) is 0. The first-order chi connectivity index (χ1) is 29.0. The Kier molecular flexibility index (Phi) is 4.52. The normalized spacial score (nSPS) is 14.4. The van der Waals surface area contributed by atoms with Gasteiger partial charge in [-0.3, -0.25) is 0 Å². The van der Waals surface area contributed by atoms with Gasteiger partial charge in [-0.05, 0) is 41.5 Å². The van der Waals surface area contributed by atoms with Crippen LogP contribution >= 0.6 is 0 Å². The van der Waals surface area contributed by atoms with Crippen LogP contribution in [0.15, 0.2) is 174 Å². The predicted octanol–water partition coefficient (Wildman–Crippen LogP) is 11.5. The molecule has 10 aromatic rings. The maximum Gasteiger partial charge on any atom is 0.166 e. The summed E-state index contributed by atoms with van der Waals surface area (Å²) in [4.78, 5) is 14.1. The number of rotatable bonds is 5. The van der Waals surface area contributed by atoms with Crippen LogP contribution in [0.3, 0.4) is 0 Å². The minimum Gasteiger partial charge on any atom is -0.456 e. The van der Waals surface area contributed by atoms with E-state index in [-0.39, 0.29) is 28.6 Å². The summed E-state index contributed by atoms with van der Waals surface area (Å²) in [5, 5.41) is 3.46. The fraction of sp³-hybridized carbons (Fsp3) is 0. The van der Waals surface area contributed by atoms with Crippen LogP contribution in [-0.2, 0) is 0 Å². The van der Waals surface area contributed by atoms with Gasteiger partial charge in [-0.1, -0.05) is 139 Å². The maximum atomic E-state index is 8.82. The fourth-order valence-corrected chi connectivity index (χ4v) is 6.79. The lowest BCUT2D eigenvalue weighted by molar-refractivity contribution is 0.669. The highest BCUT2D eigenvalue weighted by Crippen LogP contribution is 2.43. The zero-order valence-electron chi connectivity index (χ0n) is 36.1. The van der Waals surface area contributed by atoms with Gasteiger partial charge in [0, 0.05) is 32.8 Å². The van der Waals surface area contributed by atoms with Crippen LogP contribution in [-0.4, -0.2) is 19.5 Å². The molecule has 0 saturated heterocycles. The summed E-state index contributed by atoms with van der Waals surface area (Å²) in [6, 6.07) is 29.3. The van der Waals surface area contributed by atoms with E-state index in [2.05, 4.69) is 27.8 Å². The second kappa shape index (κ2) is 11.4. The quantitative estimate of drug-likeness (QED) is 0.186. The van der Waals surface area contributed by atoms with Crippen molar-refractivity contribution in [2.75, 3.05) is 0 Å². The number of para-hydroxylation sites is 2. The van der Waals surface area contributed by atoms with Crippen molar-refractivity contribution in [2.45, 2.75) is 0 Å². The average Bonchev–Trinajstić information content (AvgIpc) is 3.83. The van der Waals surface area contributed by atoms with Gasteiger partial charge in [-0.15, -0.1) is 0 Å². The molecule has 3 heterocycles. The Morgan fingerprint density at radius 1 is 0.460 bits per heavy atom. The molecule has 0 aliphatic heterocycles. The van der Waals surface area contributed by atoms with E-state index in [0.29, 0.717) is 22.2 Å². The van der Waals surface area contributed by atoms with Crippen molar-refractivity contribution in [3.05, 3.63) is 170 Å². The Morgan fingerprint density at radius 2 is 1.04 bits per heavy atom. The van der Waals surface area contributed by atoms with Gasteiger partial charge in [0.1, 0.15) is 11.2 Å². The number of furan rings is 1. The van der Waals surface area contributed by atoms with Gasteiger partial charge >= 0.3 is 0 Å². The topological polar surface area (TPSA) is 56.7 Å². The lowest BCUT2D eigenvalue weighted by Gasteiger charge is -2.14. The molecule has 3 aromatic heterocycles. The fourth-order valence-electron chi connectivity index (χ4n) is 6.79. The monoisotopic (exact) mass is 650 g/mol. The molecule has 0 amide bonds. The number of benzene rings is 7. The standard InChI is InChI=1S/C45H28N4O/c1-4-15-29(16-5-1)32-22-13-27-38-40(32)41-37(26-14-28-39(41)50-38)49-36-25-11-10-21-33(36)34-23-12-24-35(42(34)49)45-47-43(30-17-6-2-7-18-30)46-44(48-45)31-19-8-3-9-20-31/h1-28H/i2D,3D,6D,7D,8D,9D,17D,18D,19D,20D. The van der Waals surface area contributed by atoms with E-state index in [4.69, 9.17) is 28.1 Å². The van der Waals surface area contributed by atoms with Crippen LogP contribution in [0, 0.1) is 0 Å². The van der Waals surface area contributed by atoms with Crippen LogP contribution in [0.25, 0.3) is 94.7 Å². The molecule has 0 aliphatic rings. The molecule has 0 saturated carbocycles. The van der Waals surface area contributed by atoms with Gasteiger partial charge in [0.2, 0.25) is 0 Å². The van der Waals surface area contributed by atoms with E-state index in [0.717, 1.165) is 43.9 Å². The Bertz CT molecular complexity index is 3310. The molecule has 234 valence electrons. The van der Waals surface area contributed by atoms with Crippen molar-refractivity contribution in [1.82, 2.24) is 19.5 Å². The zero-order valence-corrected chi connectivity index (χ0v) is 26.1. The minimum absolute atomic E-state index is 0.0301. The summed E-state index contributed by atoms with van der Waals surface area (Å²) < 4.78 is 94.0. The average molecular weight is 651 g/mol. The first kappa shape index (κ1) is 19.8. The highest BCUT2D eigenvalue weighted by molar-refractivity contribution is 6.19. The van der Waals surface area contributed by atoms with Crippen LogP contribution in [0.1, 0.15) is 13.7 Å². The summed E-state index contributed by atoms with van der Waals surface area (Å²) in [5.74, 6) is -0.708. The third-order valence-electron chi connectivity index (χ3n) is 8.84. The van der Waals surface area contributed by atoms with E-state index in [1.54, 1.807) is 6.07 Å². The van der Waals surface area contributed by atoms with Crippen molar-refractivity contribution in [1.29, 1.82) is 0 Å². The lowest BCUT2D eigenvalue weighted by Crippen LogP contribution is -2.02. The molecule has 0 bridgehead atoms. The summed E-state index contributed by atoms with van der Waals surface area (Å²) in [6.45, 7) is 0. The molecule has 0 radical (unpaired) electrons. The molecule has 5 nitrogen and oxygen atoms in total. The molecule has 7 aromatic carbocycles. The predicted molar refractivity (Wildman–Crippen MR) is 203 cm³/mol. The smallest absolute Gasteiger partial charge is 0.166 e. The Labute approximate surface area is 301 Å². The van der Waals surface area contributed by atoms with Crippen LogP contribution in [0.5, 0.6) is 0 Å². The lowest BCUT2D eigenvalue weighted by atomic mass is 9.98. The van der Waals surface area contributed by atoms with E-state index in [1.165, 1.54) is 0 Å². The Hall–Kier alpha value is -6.85. The summed E-state index contributed by atoms with van der Waals surface area (Å²) in [5.41, 5.74) is 5.35. The highest BCUT2D eigenvalue weighted by atomic mass is 16.3. The van der Waals surface area contributed by atoms with Crippen molar-refractivity contribution >= 4 is 43.7 Å². The third-order valence-corrected chi connectivity index (χ3v) is 8.84.